The number of hydrogen-bond acceptors (Lipinski definition) is 4. The molecule has 0 spiro atoms. The van der Waals surface area contributed by atoms with E-state index in [1.807, 2.05) is 12.1 Å². The van der Waals surface area contributed by atoms with Crippen LogP contribution in [0.2, 0.25) is 0 Å². The van der Waals surface area contributed by atoms with Crippen LogP contribution in [0.4, 0.5) is 5.69 Å². The Labute approximate surface area is 300 Å². The summed E-state index contributed by atoms with van der Waals surface area (Å²) in [5, 5.41) is 2.38. The molecule has 2 aliphatic heterocycles. The molecule has 1 aliphatic carbocycles. The number of fused-ring (bicyclic) bond motifs is 8. The van der Waals surface area contributed by atoms with Crippen molar-refractivity contribution in [2.45, 2.75) is 37.7 Å². The molecule has 3 aliphatic rings. The zero-order valence-corrected chi connectivity index (χ0v) is 29.6. The van der Waals surface area contributed by atoms with Crippen molar-refractivity contribution in [3.05, 3.63) is 155 Å². The molecule has 9 rings (SSSR count). The van der Waals surface area contributed by atoms with Crippen molar-refractivity contribution in [1.82, 2.24) is 0 Å². The normalized spacial score (nSPS) is 18.5. The summed E-state index contributed by atoms with van der Waals surface area (Å²) in [6, 6.07) is 44.0. The quantitative estimate of drug-likeness (QED) is 0.169. The zero-order valence-electron chi connectivity index (χ0n) is 29.6. The fraction of sp³-hybridized carbons (Fsp3) is 0.234. The van der Waals surface area contributed by atoms with Gasteiger partial charge < -0.3 is 19.1 Å². The van der Waals surface area contributed by atoms with Gasteiger partial charge in [0.25, 0.3) is 0 Å². The molecule has 1 fully saturated rings. The number of benzene rings is 6. The van der Waals surface area contributed by atoms with E-state index in [2.05, 4.69) is 140 Å². The SMILES string of the molecule is CCC1(CC)c2cc(-c3ccccc3)ccc2-c2c1c1c(c3ccccc23)OC(c2ccc(OC)cc2)(c2ccc(N3CCOCC3)cc2)C=C1. The topological polar surface area (TPSA) is 30.9 Å². The van der Waals surface area contributed by atoms with Gasteiger partial charge in [0.05, 0.1) is 20.3 Å². The monoisotopic (exact) mass is 669 g/mol. The minimum atomic E-state index is -0.840. The van der Waals surface area contributed by atoms with Gasteiger partial charge in [-0.2, -0.15) is 0 Å². The molecule has 2 heterocycles. The van der Waals surface area contributed by atoms with Crippen LogP contribution >= 0.6 is 0 Å². The zero-order chi connectivity index (χ0) is 34.6. The Kier molecular flexibility index (Phi) is 7.74. The maximum atomic E-state index is 7.60. The van der Waals surface area contributed by atoms with E-state index < -0.39 is 5.60 Å². The van der Waals surface area contributed by atoms with Crippen molar-refractivity contribution < 1.29 is 14.2 Å². The summed E-state index contributed by atoms with van der Waals surface area (Å²) in [6.07, 6.45) is 6.65. The third kappa shape index (κ3) is 4.84. The standard InChI is InChI=1S/C47H43NO3/c1-4-46(5-2)42-31-33(32-11-7-6-8-12-32)15-24-40(42)43-38-13-9-10-14-39(38)45-41(44(43)46)25-26-47(51-45,35-18-22-37(49-3)23-19-35)34-16-20-36(21-17-34)48-27-29-50-30-28-48/h6-26,31H,4-5,27-30H2,1-3H3. The van der Waals surface area contributed by atoms with E-state index in [0.717, 1.165) is 67.2 Å². The van der Waals surface area contributed by atoms with Crippen LogP contribution in [0.3, 0.4) is 0 Å². The van der Waals surface area contributed by atoms with E-state index in [4.69, 9.17) is 14.2 Å². The Morgan fingerprint density at radius 3 is 2.06 bits per heavy atom. The van der Waals surface area contributed by atoms with E-state index >= 15 is 0 Å². The van der Waals surface area contributed by atoms with Gasteiger partial charge in [0.15, 0.2) is 5.60 Å². The van der Waals surface area contributed by atoms with Crippen LogP contribution in [0.1, 0.15) is 54.5 Å². The molecular formula is C47H43NO3. The number of morpholine rings is 1. The second-order valence-corrected chi connectivity index (χ2v) is 14.0. The number of methoxy groups -OCH3 is 1. The minimum Gasteiger partial charge on any atom is -0.497 e. The van der Waals surface area contributed by atoms with Crippen molar-refractivity contribution >= 4 is 22.5 Å². The summed E-state index contributed by atoms with van der Waals surface area (Å²) in [6.45, 7) is 8.01. The van der Waals surface area contributed by atoms with Gasteiger partial charge in [-0.25, -0.2) is 0 Å². The van der Waals surface area contributed by atoms with E-state index in [9.17, 15) is 0 Å². The van der Waals surface area contributed by atoms with Gasteiger partial charge in [-0.05, 0) is 88.0 Å². The van der Waals surface area contributed by atoms with Crippen LogP contribution < -0.4 is 14.4 Å². The van der Waals surface area contributed by atoms with Crippen LogP contribution in [-0.4, -0.2) is 33.4 Å². The number of hydrogen-bond donors (Lipinski definition) is 0. The molecule has 0 amide bonds. The van der Waals surface area contributed by atoms with Gasteiger partial charge in [-0.15, -0.1) is 0 Å². The highest BCUT2D eigenvalue weighted by Crippen LogP contribution is 2.60. The predicted octanol–water partition coefficient (Wildman–Crippen LogP) is 10.8. The fourth-order valence-corrected chi connectivity index (χ4v) is 9.01. The van der Waals surface area contributed by atoms with E-state index in [0.29, 0.717) is 0 Å². The Bertz CT molecular complexity index is 2260. The van der Waals surface area contributed by atoms with Crippen LogP contribution in [0.5, 0.6) is 11.5 Å². The molecule has 4 heteroatoms. The number of nitrogens with zero attached hydrogens (tertiary/aromatic N) is 1. The van der Waals surface area contributed by atoms with Crippen LogP contribution in [0, 0.1) is 0 Å². The molecule has 0 radical (unpaired) electrons. The van der Waals surface area contributed by atoms with Crippen LogP contribution in [0.15, 0.2) is 127 Å². The lowest BCUT2D eigenvalue weighted by molar-refractivity contribution is 0.122. The second-order valence-electron chi connectivity index (χ2n) is 14.0. The third-order valence-corrected chi connectivity index (χ3v) is 11.7. The Hall–Kier alpha value is -5.32. The average molecular weight is 670 g/mol. The molecule has 0 aromatic heterocycles. The molecule has 0 N–H and O–H groups in total. The van der Waals surface area contributed by atoms with E-state index in [-0.39, 0.29) is 5.41 Å². The first-order valence-electron chi connectivity index (χ1n) is 18.4. The predicted molar refractivity (Wildman–Crippen MR) is 209 cm³/mol. The van der Waals surface area contributed by atoms with Crippen molar-refractivity contribution in [2.75, 3.05) is 38.3 Å². The largest absolute Gasteiger partial charge is 0.497 e. The summed E-state index contributed by atoms with van der Waals surface area (Å²) in [7, 11) is 1.71. The summed E-state index contributed by atoms with van der Waals surface area (Å²) in [5.41, 5.74) is 11.6. The molecule has 6 aromatic carbocycles. The summed E-state index contributed by atoms with van der Waals surface area (Å²) < 4.78 is 18.8. The van der Waals surface area contributed by atoms with Gasteiger partial charge in [0.2, 0.25) is 0 Å². The van der Waals surface area contributed by atoms with E-state index in [1.165, 1.54) is 50.0 Å². The van der Waals surface area contributed by atoms with Crippen LogP contribution in [0.25, 0.3) is 39.1 Å². The summed E-state index contributed by atoms with van der Waals surface area (Å²) in [5.74, 6) is 1.77. The minimum absolute atomic E-state index is 0.156. The molecule has 0 bridgehead atoms. The van der Waals surface area contributed by atoms with Gasteiger partial charge in [0.1, 0.15) is 11.5 Å². The van der Waals surface area contributed by atoms with Crippen molar-refractivity contribution in [3.63, 3.8) is 0 Å². The third-order valence-electron chi connectivity index (χ3n) is 11.7. The molecule has 0 saturated carbocycles. The van der Waals surface area contributed by atoms with Gasteiger partial charge in [-0.3, -0.25) is 0 Å². The first kappa shape index (κ1) is 31.6. The smallest absolute Gasteiger partial charge is 0.178 e. The highest BCUT2D eigenvalue weighted by molar-refractivity contribution is 6.08. The average Bonchev–Trinajstić information content (AvgIpc) is 3.51. The molecule has 1 atom stereocenters. The molecular weight excluding hydrogens is 627 g/mol. The van der Waals surface area contributed by atoms with Gasteiger partial charge in [-0.1, -0.05) is 111 Å². The molecule has 1 unspecified atom stereocenters. The molecule has 254 valence electrons. The number of anilines is 1. The van der Waals surface area contributed by atoms with Crippen LogP contribution in [-0.2, 0) is 15.8 Å². The Morgan fingerprint density at radius 1 is 0.706 bits per heavy atom. The molecule has 51 heavy (non-hydrogen) atoms. The van der Waals surface area contributed by atoms with Crippen molar-refractivity contribution in [1.29, 1.82) is 0 Å². The highest BCUT2D eigenvalue weighted by Gasteiger charge is 2.47. The lowest BCUT2D eigenvalue weighted by Gasteiger charge is -2.39. The van der Waals surface area contributed by atoms with E-state index in [1.54, 1.807) is 7.11 Å². The number of rotatable bonds is 7. The van der Waals surface area contributed by atoms with Gasteiger partial charge >= 0.3 is 0 Å². The maximum absolute atomic E-state index is 7.60. The first-order chi connectivity index (χ1) is 25.1. The molecule has 4 nitrogen and oxygen atoms in total. The maximum Gasteiger partial charge on any atom is 0.178 e. The second kappa shape index (κ2) is 12.5. The fourth-order valence-electron chi connectivity index (χ4n) is 9.01. The number of ether oxygens (including phenoxy) is 3. The lowest BCUT2D eigenvalue weighted by atomic mass is 9.70. The molecule has 6 aromatic rings. The van der Waals surface area contributed by atoms with Crippen molar-refractivity contribution in [3.8, 4) is 33.8 Å². The highest BCUT2D eigenvalue weighted by atomic mass is 16.5. The Morgan fingerprint density at radius 2 is 1.37 bits per heavy atom. The Balaban J connectivity index is 1.26. The van der Waals surface area contributed by atoms with Crippen molar-refractivity contribution in [2.24, 2.45) is 0 Å². The first-order valence-corrected chi connectivity index (χ1v) is 18.4. The van der Waals surface area contributed by atoms with Gasteiger partial charge in [0, 0.05) is 46.3 Å². The summed E-state index contributed by atoms with van der Waals surface area (Å²) >= 11 is 0. The summed E-state index contributed by atoms with van der Waals surface area (Å²) in [4.78, 5) is 2.40. The molecule has 1 saturated heterocycles. The lowest BCUT2D eigenvalue weighted by Crippen LogP contribution is -2.37.